The molecule has 3 aromatic rings. The Labute approximate surface area is 164 Å². The number of rotatable bonds is 7. The Morgan fingerprint density at radius 1 is 0.929 bits per heavy atom. The lowest BCUT2D eigenvalue weighted by molar-refractivity contribution is -0.112. The Morgan fingerprint density at radius 2 is 1.68 bits per heavy atom. The maximum Gasteiger partial charge on any atom is 0.255 e. The lowest BCUT2D eigenvalue weighted by Crippen LogP contribution is -2.11. The van der Waals surface area contributed by atoms with Crippen LogP contribution < -0.4 is 10.1 Å². The number of carbonyl (C=O) groups excluding carboxylic acids is 2. The highest BCUT2D eigenvalue weighted by atomic mass is 16.5. The van der Waals surface area contributed by atoms with Crippen molar-refractivity contribution in [1.82, 2.24) is 0 Å². The van der Waals surface area contributed by atoms with E-state index in [1.54, 1.807) is 30.4 Å². The van der Waals surface area contributed by atoms with E-state index < -0.39 is 0 Å². The molecule has 28 heavy (non-hydrogen) atoms. The number of nitrogens with one attached hydrogen (secondary N) is 1. The number of amides is 1. The minimum absolute atomic E-state index is 0.0200. The molecule has 0 saturated carbocycles. The number of ether oxygens (including phenoxy) is 1. The number of hydrogen-bond donors (Lipinski definition) is 1. The van der Waals surface area contributed by atoms with Gasteiger partial charge in [-0.15, -0.1) is 0 Å². The molecule has 0 aliphatic carbocycles. The van der Waals surface area contributed by atoms with Gasteiger partial charge in [-0.05, 0) is 48.4 Å². The molecule has 140 valence electrons. The van der Waals surface area contributed by atoms with Crippen molar-refractivity contribution < 1.29 is 14.3 Å². The molecule has 0 spiro atoms. The van der Waals surface area contributed by atoms with Crippen LogP contribution in [0.15, 0.2) is 84.9 Å². The van der Waals surface area contributed by atoms with Crippen molar-refractivity contribution in [1.29, 1.82) is 0 Å². The fraction of sp³-hybridized carbons (Fsp3) is 0.0833. The predicted molar refractivity (Wildman–Crippen MR) is 111 cm³/mol. The van der Waals surface area contributed by atoms with Crippen LogP contribution in [0.1, 0.15) is 28.4 Å². The zero-order valence-electron chi connectivity index (χ0n) is 15.6. The van der Waals surface area contributed by atoms with E-state index in [-0.39, 0.29) is 11.7 Å². The number of ketones is 1. The van der Waals surface area contributed by atoms with Gasteiger partial charge in [0.15, 0.2) is 5.78 Å². The van der Waals surface area contributed by atoms with Gasteiger partial charge in [0.05, 0.1) is 0 Å². The van der Waals surface area contributed by atoms with E-state index in [4.69, 9.17) is 4.74 Å². The molecule has 0 aromatic heterocycles. The van der Waals surface area contributed by atoms with Crippen molar-refractivity contribution in [2.45, 2.75) is 13.5 Å². The van der Waals surface area contributed by atoms with Crippen molar-refractivity contribution in [2.24, 2.45) is 0 Å². The molecule has 0 bridgehead atoms. The summed E-state index contributed by atoms with van der Waals surface area (Å²) in [5.41, 5.74) is 3.26. The molecular weight excluding hydrogens is 350 g/mol. The first-order valence-corrected chi connectivity index (χ1v) is 8.97. The summed E-state index contributed by atoms with van der Waals surface area (Å²) in [5, 5.41) is 2.87. The molecule has 4 nitrogen and oxygen atoms in total. The van der Waals surface area contributed by atoms with Gasteiger partial charge in [-0.3, -0.25) is 9.59 Å². The fourth-order valence-corrected chi connectivity index (χ4v) is 2.56. The number of hydrogen-bond acceptors (Lipinski definition) is 3. The molecule has 1 N–H and O–H groups in total. The SMILES string of the molecule is CC(=O)/C=C/c1ccc(COc2cccc(NC(=O)c3ccccc3)c2)cc1. The maximum absolute atomic E-state index is 12.3. The maximum atomic E-state index is 12.3. The van der Waals surface area contributed by atoms with Gasteiger partial charge in [0.1, 0.15) is 12.4 Å². The minimum atomic E-state index is -0.160. The molecule has 0 fully saturated rings. The molecule has 0 aliphatic rings. The second kappa shape index (κ2) is 9.33. The van der Waals surface area contributed by atoms with Crippen molar-refractivity contribution in [3.8, 4) is 5.75 Å². The van der Waals surface area contributed by atoms with Crippen LogP contribution in [0, 0.1) is 0 Å². The fourth-order valence-electron chi connectivity index (χ4n) is 2.56. The summed E-state index contributed by atoms with van der Waals surface area (Å²) in [5.74, 6) is 0.532. The van der Waals surface area contributed by atoms with Crippen LogP contribution in [-0.2, 0) is 11.4 Å². The number of carbonyl (C=O) groups is 2. The van der Waals surface area contributed by atoms with E-state index in [9.17, 15) is 9.59 Å². The molecule has 0 radical (unpaired) electrons. The minimum Gasteiger partial charge on any atom is -0.489 e. The van der Waals surface area contributed by atoms with E-state index in [1.165, 1.54) is 6.92 Å². The highest BCUT2D eigenvalue weighted by Crippen LogP contribution is 2.19. The van der Waals surface area contributed by atoms with Gasteiger partial charge in [-0.25, -0.2) is 0 Å². The highest BCUT2D eigenvalue weighted by molar-refractivity contribution is 6.04. The molecule has 0 saturated heterocycles. The van der Waals surface area contributed by atoms with E-state index in [0.29, 0.717) is 23.6 Å². The van der Waals surface area contributed by atoms with Crippen LogP contribution in [0.5, 0.6) is 5.75 Å². The zero-order valence-corrected chi connectivity index (χ0v) is 15.6. The largest absolute Gasteiger partial charge is 0.489 e. The first-order chi connectivity index (χ1) is 13.6. The Bertz CT molecular complexity index is 976. The molecule has 3 aromatic carbocycles. The average Bonchev–Trinajstić information content (AvgIpc) is 2.72. The average molecular weight is 371 g/mol. The Balaban J connectivity index is 1.59. The molecule has 0 unspecified atom stereocenters. The molecule has 4 heteroatoms. The lowest BCUT2D eigenvalue weighted by Gasteiger charge is -2.10. The van der Waals surface area contributed by atoms with Crippen LogP contribution in [0.3, 0.4) is 0 Å². The van der Waals surface area contributed by atoms with Crippen molar-refractivity contribution >= 4 is 23.5 Å². The smallest absolute Gasteiger partial charge is 0.255 e. The summed E-state index contributed by atoms with van der Waals surface area (Å²) in [6.45, 7) is 1.93. The van der Waals surface area contributed by atoms with Crippen molar-refractivity contribution in [3.05, 3.63) is 102 Å². The zero-order chi connectivity index (χ0) is 19.8. The third-order valence-corrected chi connectivity index (χ3v) is 4.02. The van der Waals surface area contributed by atoms with E-state index >= 15 is 0 Å². The Morgan fingerprint density at radius 3 is 2.39 bits per heavy atom. The van der Waals surface area contributed by atoms with E-state index in [2.05, 4.69) is 5.32 Å². The highest BCUT2D eigenvalue weighted by Gasteiger charge is 2.06. The van der Waals surface area contributed by atoms with Gasteiger partial charge < -0.3 is 10.1 Å². The Kier molecular flexibility index (Phi) is 6.37. The third-order valence-electron chi connectivity index (χ3n) is 4.02. The summed E-state index contributed by atoms with van der Waals surface area (Å²) in [7, 11) is 0. The molecule has 3 rings (SSSR count). The summed E-state index contributed by atoms with van der Waals surface area (Å²) >= 11 is 0. The first-order valence-electron chi connectivity index (χ1n) is 8.97. The van der Waals surface area contributed by atoms with Crippen LogP contribution in [0.4, 0.5) is 5.69 Å². The standard InChI is InChI=1S/C24H21NO3/c1-18(26)10-11-19-12-14-20(15-13-19)17-28-23-9-5-8-22(16-23)25-24(27)21-6-3-2-4-7-21/h2-16H,17H2,1H3,(H,25,27)/b11-10+. The second-order valence-corrected chi connectivity index (χ2v) is 6.32. The summed E-state index contributed by atoms with van der Waals surface area (Å²) < 4.78 is 5.83. The normalized spacial score (nSPS) is 10.6. The number of anilines is 1. The molecule has 1 amide bonds. The topological polar surface area (TPSA) is 55.4 Å². The van der Waals surface area contributed by atoms with E-state index in [0.717, 1.165) is 11.1 Å². The molecule has 0 heterocycles. The molecule has 0 atom stereocenters. The third kappa shape index (κ3) is 5.68. The van der Waals surface area contributed by atoms with Gasteiger partial charge in [-0.2, -0.15) is 0 Å². The van der Waals surface area contributed by atoms with Gasteiger partial charge in [-0.1, -0.05) is 54.6 Å². The van der Waals surface area contributed by atoms with Crippen molar-refractivity contribution in [3.63, 3.8) is 0 Å². The quantitative estimate of drug-likeness (QED) is 0.587. The second-order valence-electron chi connectivity index (χ2n) is 6.32. The van der Waals surface area contributed by atoms with Gasteiger partial charge in [0.25, 0.3) is 5.91 Å². The van der Waals surface area contributed by atoms with Crippen LogP contribution in [0.25, 0.3) is 6.08 Å². The van der Waals surface area contributed by atoms with Crippen LogP contribution in [0.2, 0.25) is 0 Å². The number of allylic oxidation sites excluding steroid dienone is 1. The lowest BCUT2D eigenvalue weighted by atomic mass is 10.1. The van der Waals surface area contributed by atoms with Crippen molar-refractivity contribution in [2.75, 3.05) is 5.32 Å². The van der Waals surface area contributed by atoms with E-state index in [1.807, 2.05) is 60.7 Å². The van der Waals surface area contributed by atoms with Gasteiger partial charge in [0.2, 0.25) is 0 Å². The first kappa shape index (κ1) is 19.1. The summed E-state index contributed by atoms with van der Waals surface area (Å²) in [6.07, 6.45) is 3.33. The predicted octanol–water partition coefficient (Wildman–Crippen LogP) is 5.12. The number of benzene rings is 3. The van der Waals surface area contributed by atoms with Crippen LogP contribution in [-0.4, -0.2) is 11.7 Å². The monoisotopic (exact) mass is 371 g/mol. The summed E-state index contributed by atoms with van der Waals surface area (Å²) in [4.78, 5) is 23.2. The molecule has 0 aliphatic heterocycles. The Hall–Kier alpha value is -3.66. The molecular formula is C24H21NO3. The summed E-state index contributed by atoms with van der Waals surface area (Å²) in [6, 6.07) is 24.2. The van der Waals surface area contributed by atoms with Crippen LogP contribution >= 0.6 is 0 Å². The van der Waals surface area contributed by atoms with Gasteiger partial charge >= 0.3 is 0 Å². The van der Waals surface area contributed by atoms with Gasteiger partial charge in [0, 0.05) is 17.3 Å².